The summed E-state index contributed by atoms with van der Waals surface area (Å²) in [7, 11) is 0. The van der Waals surface area contributed by atoms with E-state index in [0.29, 0.717) is 25.3 Å². The first-order valence-electron chi connectivity index (χ1n) is 10.1. The zero-order valence-electron chi connectivity index (χ0n) is 16.3. The van der Waals surface area contributed by atoms with Crippen LogP contribution in [0.1, 0.15) is 17.0 Å². The van der Waals surface area contributed by atoms with E-state index in [0.717, 1.165) is 50.4 Å². The van der Waals surface area contributed by atoms with Crippen LogP contribution in [0.25, 0.3) is 0 Å². The first kappa shape index (κ1) is 21.2. The molecular weight excluding hydrogens is 412 g/mol. The first-order chi connectivity index (χ1) is 14.1. The predicted molar refractivity (Wildman–Crippen MR) is 102 cm³/mol. The van der Waals surface area contributed by atoms with Crippen LogP contribution < -0.4 is 14.5 Å². The van der Waals surface area contributed by atoms with Crippen LogP contribution in [-0.4, -0.2) is 56.2 Å². The molecule has 0 aliphatic carbocycles. The average molecular weight is 438 g/mol. The Balaban J connectivity index is 1.60. The third-order valence-corrected chi connectivity index (χ3v) is 6.26. The van der Waals surface area contributed by atoms with Crippen LogP contribution >= 0.6 is 0 Å². The monoisotopic (exact) mass is 438 g/mol. The van der Waals surface area contributed by atoms with Gasteiger partial charge in [0, 0.05) is 0 Å². The number of hydrogen-bond donors (Lipinski definition) is 2. The molecule has 0 saturated carbocycles. The van der Waals surface area contributed by atoms with Gasteiger partial charge in [0.25, 0.3) is 0 Å². The summed E-state index contributed by atoms with van der Waals surface area (Å²) in [5.41, 5.74) is 2.69. The second-order valence-electron chi connectivity index (χ2n) is 7.60. The summed E-state index contributed by atoms with van der Waals surface area (Å²) in [5.74, 6) is -0.982. The van der Waals surface area contributed by atoms with Gasteiger partial charge in [-0.3, -0.25) is 0 Å². The SMILES string of the molecule is Fc1ccc(Cn2c(CC3CNCCO3)ccc2CC2CNCCO2)c(F)[c]1[Ti]. The van der Waals surface area contributed by atoms with E-state index in [1.165, 1.54) is 26.5 Å². The molecule has 29 heavy (non-hydrogen) atoms. The van der Waals surface area contributed by atoms with Crippen molar-refractivity contribution in [3.05, 3.63) is 52.9 Å². The van der Waals surface area contributed by atoms with E-state index in [1.807, 2.05) is 0 Å². The molecular formula is C21H26F2N3O2Ti. The van der Waals surface area contributed by atoms with E-state index in [1.54, 1.807) is 6.07 Å². The fourth-order valence-corrected chi connectivity index (χ4v) is 4.35. The van der Waals surface area contributed by atoms with Gasteiger partial charge in [0.2, 0.25) is 0 Å². The summed E-state index contributed by atoms with van der Waals surface area (Å²) < 4.78 is 42.4. The molecule has 2 unspecified atom stereocenters. The third-order valence-electron chi connectivity index (χ3n) is 5.54. The summed E-state index contributed by atoms with van der Waals surface area (Å²) in [6.07, 6.45) is 1.69. The second-order valence-corrected chi connectivity index (χ2v) is 8.38. The summed E-state index contributed by atoms with van der Waals surface area (Å²) in [5, 5.41) is 6.71. The zero-order chi connectivity index (χ0) is 20.2. The van der Waals surface area contributed by atoms with Gasteiger partial charge in [-0.25, -0.2) is 0 Å². The molecule has 2 saturated heterocycles. The van der Waals surface area contributed by atoms with Crippen LogP contribution in [0.3, 0.4) is 0 Å². The van der Waals surface area contributed by atoms with Crippen LogP contribution in [-0.2, 0) is 49.3 Å². The van der Waals surface area contributed by atoms with Crippen molar-refractivity contribution < 1.29 is 38.7 Å². The minimum atomic E-state index is -0.512. The van der Waals surface area contributed by atoms with E-state index in [9.17, 15) is 8.78 Å². The molecule has 3 heterocycles. The molecule has 0 spiro atoms. The molecule has 0 amide bonds. The Morgan fingerprint density at radius 3 is 2.03 bits per heavy atom. The van der Waals surface area contributed by atoms with Gasteiger partial charge in [0.15, 0.2) is 0 Å². The van der Waals surface area contributed by atoms with Crippen molar-refractivity contribution in [2.24, 2.45) is 0 Å². The van der Waals surface area contributed by atoms with Gasteiger partial charge in [-0.15, -0.1) is 0 Å². The Bertz CT molecular complexity index is 796. The van der Waals surface area contributed by atoms with Crippen LogP contribution in [0.4, 0.5) is 8.78 Å². The van der Waals surface area contributed by atoms with Crippen LogP contribution in [0.15, 0.2) is 24.3 Å². The van der Waals surface area contributed by atoms with E-state index >= 15 is 0 Å². The van der Waals surface area contributed by atoms with Gasteiger partial charge in [0.1, 0.15) is 0 Å². The molecule has 2 aromatic rings. The van der Waals surface area contributed by atoms with Crippen molar-refractivity contribution >= 4 is 3.87 Å². The topological polar surface area (TPSA) is 47.5 Å². The standard InChI is InChI=1S/C21H26F2N3O2.Ti/c22-16-2-1-15(21(23)9-16)14-26-17(10-19-12-24-5-7-27-19)3-4-18(26)11-20-13-25-6-8-28-20;/h1-4,19-20,24-25H,5-8,10-14H2;. The maximum atomic E-state index is 14.7. The number of ether oxygens (including phenoxy) is 2. The number of morpholine rings is 2. The normalized spacial score (nSPS) is 22.7. The zero-order valence-corrected chi connectivity index (χ0v) is 17.9. The molecule has 0 bridgehead atoms. The van der Waals surface area contributed by atoms with Crippen LogP contribution in [0.2, 0.25) is 0 Å². The number of nitrogens with one attached hydrogen (secondary N) is 2. The molecule has 2 aliphatic rings. The number of aromatic nitrogens is 1. The Morgan fingerprint density at radius 2 is 1.52 bits per heavy atom. The predicted octanol–water partition coefficient (Wildman–Crippen LogP) is 1.05. The van der Waals surface area contributed by atoms with E-state index < -0.39 is 11.6 Å². The van der Waals surface area contributed by atoms with Gasteiger partial charge in [-0.1, -0.05) is 0 Å². The van der Waals surface area contributed by atoms with E-state index in [4.69, 9.17) is 9.47 Å². The molecule has 1 aromatic carbocycles. The van der Waals surface area contributed by atoms with Gasteiger partial charge in [-0.2, -0.15) is 0 Å². The van der Waals surface area contributed by atoms with E-state index in [-0.39, 0.29) is 16.1 Å². The summed E-state index contributed by atoms with van der Waals surface area (Å²) in [6.45, 7) is 5.12. The van der Waals surface area contributed by atoms with Gasteiger partial charge < -0.3 is 0 Å². The molecule has 155 valence electrons. The molecule has 2 N–H and O–H groups in total. The number of halogens is 2. The molecule has 4 rings (SSSR count). The molecule has 2 fully saturated rings. The van der Waals surface area contributed by atoms with Gasteiger partial charge >= 0.3 is 182 Å². The Kier molecular flexibility index (Phi) is 7.16. The second kappa shape index (κ2) is 9.81. The molecule has 8 heteroatoms. The van der Waals surface area contributed by atoms with Crippen LogP contribution in [0, 0.1) is 11.6 Å². The fraction of sp³-hybridized carbons (Fsp3) is 0.524. The average Bonchev–Trinajstić information content (AvgIpc) is 3.11. The molecule has 0 radical (unpaired) electrons. The van der Waals surface area contributed by atoms with Crippen molar-refractivity contribution in [3.63, 3.8) is 0 Å². The molecule has 5 nitrogen and oxygen atoms in total. The first-order valence-corrected chi connectivity index (χ1v) is 10.9. The summed E-state index contributed by atoms with van der Waals surface area (Å²) >= 11 is 1.48. The third kappa shape index (κ3) is 5.16. The molecule has 2 aliphatic heterocycles. The van der Waals surface area contributed by atoms with Crippen molar-refractivity contribution in [3.8, 4) is 0 Å². The van der Waals surface area contributed by atoms with Crippen molar-refractivity contribution in [1.29, 1.82) is 0 Å². The maximum absolute atomic E-state index is 14.7. The quantitative estimate of drug-likeness (QED) is 0.663. The summed E-state index contributed by atoms with van der Waals surface area (Å²) in [4.78, 5) is 0. The Morgan fingerprint density at radius 1 is 0.931 bits per heavy atom. The number of benzene rings is 1. The Hall–Kier alpha value is -1.09. The number of hydrogen-bond acceptors (Lipinski definition) is 4. The van der Waals surface area contributed by atoms with Gasteiger partial charge in [0.05, 0.1) is 0 Å². The molecule has 2 atom stereocenters. The summed E-state index contributed by atoms with van der Waals surface area (Å²) in [6, 6.07) is 7.08. The molecule has 1 aromatic heterocycles. The number of rotatable bonds is 6. The fourth-order valence-electron chi connectivity index (χ4n) is 3.97. The van der Waals surface area contributed by atoms with Gasteiger partial charge in [-0.05, 0) is 0 Å². The minimum absolute atomic E-state index is 0.0670. The Labute approximate surface area is 181 Å². The number of nitrogens with zero attached hydrogens (tertiary/aromatic N) is 1. The van der Waals surface area contributed by atoms with Crippen molar-refractivity contribution in [1.82, 2.24) is 15.2 Å². The van der Waals surface area contributed by atoms with E-state index in [2.05, 4.69) is 27.3 Å². The van der Waals surface area contributed by atoms with Crippen molar-refractivity contribution in [2.75, 3.05) is 39.4 Å². The van der Waals surface area contributed by atoms with Crippen molar-refractivity contribution in [2.45, 2.75) is 31.6 Å². The van der Waals surface area contributed by atoms with Crippen LogP contribution in [0.5, 0.6) is 0 Å².